The van der Waals surface area contributed by atoms with Gasteiger partial charge in [0, 0.05) is 18.7 Å². The summed E-state index contributed by atoms with van der Waals surface area (Å²) < 4.78 is 10.6. The predicted molar refractivity (Wildman–Crippen MR) is 84.2 cm³/mol. The SMILES string of the molecule is CCC(CC)CNC(C)c1ccc(OC)c(COC)c1. The maximum Gasteiger partial charge on any atom is 0.124 e. The van der Waals surface area contributed by atoms with Crippen LogP contribution < -0.4 is 10.1 Å². The molecule has 0 saturated heterocycles. The summed E-state index contributed by atoms with van der Waals surface area (Å²) in [4.78, 5) is 0. The van der Waals surface area contributed by atoms with Crippen molar-refractivity contribution in [3.8, 4) is 5.75 Å². The smallest absolute Gasteiger partial charge is 0.124 e. The Labute approximate surface area is 123 Å². The van der Waals surface area contributed by atoms with Crippen molar-refractivity contribution in [3.63, 3.8) is 0 Å². The zero-order chi connectivity index (χ0) is 15.0. The van der Waals surface area contributed by atoms with E-state index in [1.54, 1.807) is 14.2 Å². The fraction of sp³-hybridized carbons (Fsp3) is 0.647. The number of hydrogen-bond acceptors (Lipinski definition) is 3. The Bertz CT molecular complexity index is 389. The summed E-state index contributed by atoms with van der Waals surface area (Å²) in [5, 5.41) is 3.63. The Kier molecular flexibility index (Phi) is 7.63. The largest absolute Gasteiger partial charge is 0.496 e. The first-order valence-corrected chi connectivity index (χ1v) is 7.55. The highest BCUT2D eigenvalue weighted by atomic mass is 16.5. The molecule has 1 unspecified atom stereocenters. The van der Waals surface area contributed by atoms with E-state index in [0.717, 1.165) is 23.8 Å². The van der Waals surface area contributed by atoms with Crippen molar-refractivity contribution in [2.75, 3.05) is 20.8 Å². The third-order valence-electron chi connectivity index (χ3n) is 3.97. The van der Waals surface area contributed by atoms with Crippen molar-refractivity contribution in [2.45, 2.75) is 46.3 Å². The predicted octanol–water partition coefficient (Wildman–Crippen LogP) is 3.93. The average Bonchev–Trinajstić information content (AvgIpc) is 2.48. The molecule has 0 spiro atoms. The zero-order valence-electron chi connectivity index (χ0n) is 13.5. The lowest BCUT2D eigenvalue weighted by Gasteiger charge is -2.20. The van der Waals surface area contributed by atoms with Gasteiger partial charge in [-0.25, -0.2) is 0 Å². The summed E-state index contributed by atoms with van der Waals surface area (Å²) in [6, 6.07) is 6.67. The molecule has 0 aromatic heterocycles. The summed E-state index contributed by atoms with van der Waals surface area (Å²) in [5.41, 5.74) is 2.38. The van der Waals surface area contributed by atoms with Gasteiger partial charge in [0.15, 0.2) is 0 Å². The van der Waals surface area contributed by atoms with E-state index in [1.807, 2.05) is 6.07 Å². The Balaban J connectivity index is 2.72. The summed E-state index contributed by atoms with van der Waals surface area (Å²) in [7, 11) is 3.41. The van der Waals surface area contributed by atoms with Gasteiger partial charge in [-0.2, -0.15) is 0 Å². The topological polar surface area (TPSA) is 30.5 Å². The summed E-state index contributed by atoms with van der Waals surface area (Å²) in [6.45, 7) is 8.37. The third kappa shape index (κ3) is 4.80. The van der Waals surface area contributed by atoms with Crippen molar-refractivity contribution in [2.24, 2.45) is 5.92 Å². The Morgan fingerprint density at radius 2 is 1.85 bits per heavy atom. The zero-order valence-corrected chi connectivity index (χ0v) is 13.5. The molecule has 0 aliphatic rings. The van der Waals surface area contributed by atoms with Gasteiger partial charge in [-0.3, -0.25) is 0 Å². The normalized spacial score (nSPS) is 12.7. The molecule has 0 aliphatic heterocycles. The quantitative estimate of drug-likeness (QED) is 0.743. The Morgan fingerprint density at radius 3 is 2.40 bits per heavy atom. The number of ether oxygens (including phenoxy) is 2. The maximum atomic E-state index is 5.37. The molecule has 20 heavy (non-hydrogen) atoms. The van der Waals surface area contributed by atoms with Gasteiger partial charge < -0.3 is 14.8 Å². The molecule has 1 aromatic rings. The van der Waals surface area contributed by atoms with Crippen LogP contribution in [-0.2, 0) is 11.3 Å². The summed E-state index contributed by atoms with van der Waals surface area (Å²) in [6.07, 6.45) is 2.46. The van der Waals surface area contributed by atoms with Crippen molar-refractivity contribution < 1.29 is 9.47 Å². The minimum atomic E-state index is 0.345. The average molecular weight is 279 g/mol. The summed E-state index contributed by atoms with van der Waals surface area (Å²) >= 11 is 0. The molecule has 1 aromatic carbocycles. The van der Waals surface area contributed by atoms with Crippen molar-refractivity contribution in [1.29, 1.82) is 0 Å². The van der Waals surface area contributed by atoms with Gasteiger partial charge in [0.2, 0.25) is 0 Å². The third-order valence-corrected chi connectivity index (χ3v) is 3.97. The molecule has 1 N–H and O–H groups in total. The molecule has 0 heterocycles. The van der Waals surface area contributed by atoms with Gasteiger partial charge in [-0.15, -0.1) is 0 Å². The van der Waals surface area contributed by atoms with E-state index in [1.165, 1.54) is 18.4 Å². The lowest BCUT2D eigenvalue weighted by Crippen LogP contribution is -2.25. The van der Waals surface area contributed by atoms with Gasteiger partial charge in [0.1, 0.15) is 5.75 Å². The fourth-order valence-electron chi connectivity index (χ4n) is 2.37. The van der Waals surface area contributed by atoms with Crippen LogP contribution in [0.15, 0.2) is 18.2 Å². The fourth-order valence-corrected chi connectivity index (χ4v) is 2.37. The van der Waals surface area contributed by atoms with Gasteiger partial charge in [-0.05, 0) is 37.1 Å². The Hall–Kier alpha value is -1.06. The number of benzene rings is 1. The van der Waals surface area contributed by atoms with E-state index in [0.29, 0.717) is 12.6 Å². The number of methoxy groups -OCH3 is 2. The molecular weight excluding hydrogens is 250 g/mol. The maximum absolute atomic E-state index is 5.37. The molecule has 1 rings (SSSR count). The molecule has 0 amide bonds. The van der Waals surface area contributed by atoms with Crippen molar-refractivity contribution in [3.05, 3.63) is 29.3 Å². The van der Waals surface area contributed by atoms with E-state index in [9.17, 15) is 0 Å². The van der Waals surface area contributed by atoms with E-state index in [4.69, 9.17) is 9.47 Å². The molecule has 0 bridgehead atoms. The van der Waals surface area contributed by atoms with E-state index >= 15 is 0 Å². The van der Waals surface area contributed by atoms with Crippen LogP contribution >= 0.6 is 0 Å². The van der Waals surface area contributed by atoms with Crippen LogP contribution in [0, 0.1) is 5.92 Å². The minimum absolute atomic E-state index is 0.345. The first-order valence-electron chi connectivity index (χ1n) is 7.55. The molecule has 0 fully saturated rings. The minimum Gasteiger partial charge on any atom is -0.496 e. The van der Waals surface area contributed by atoms with Crippen LogP contribution in [0.1, 0.15) is 50.8 Å². The molecule has 3 nitrogen and oxygen atoms in total. The van der Waals surface area contributed by atoms with Gasteiger partial charge >= 0.3 is 0 Å². The molecule has 1 atom stereocenters. The first-order chi connectivity index (χ1) is 9.65. The standard InChI is InChI=1S/C17H29NO2/c1-6-14(7-2)11-18-13(3)15-8-9-17(20-5)16(10-15)12-19-4/h8-10,13-14,18H,6-7,11-12H2,1-5H3. The van der Waals surface area contributed by atoms with Crippen LogP contribution in [-0.4, -0.2) is 20.8 Å². The second-order valence-corrected chi connectivity index (χ2v) is 5.32. The molecule has 0 aliphatic carbocycles. The summed E-state index contributed by atoms with van der Waals surface area (Å²) in [5.74, 6) is 1.65. The lowest BCUT2D eigenvalue weighted by molar-refractivity contribution is 0.181. The second kappa shape index (κ2) is 8.98. The van der Waals surface area contributed by atoms with Crippen molar-refractivity contribution in [1.82, 2.24) is 5.32 Å². The van der Waals surface area contributed by atoms with Crippen LogP contribution in [0.4, 0.5) is 0 Å². The Morgan fingerprint density at radius 1 is 1.15 bits per heavy atom. The van der Waals surface area contributed by atoms with Gasteiger partial charge in [0.05, 0.1) is 13.7 Å². The molecule has 3 heteroatoms. The van der Waals surface area contributed by atoms with Crippen LogP contribution in [0.3, 0.4) is 0 Å². The van der Waals surface area contributed by atoms with Gasteiger partial charge in [-0.1, -0.05) is 32.8 Å². The monoisotopic (exact) mass is 279 g/mol. The van der Waals surface area contributed by atoms with Crippen molar-refractivity contribution >= 4 is 0 Å². The number of nitrogens with one attached hydrogen (secondary N) is 1. The van der Waals surface area contributed by atoms with Crippen LogP contribution in [0.2, 0.25) is 0 Å². The highest BCUT2D eigenvalue weighted by molar-refractivity contribution is 5.38. The lowest BCUT2D eigenvalue weighted by atomic mass is 10.0. The number of rotatable bonds is 9. The van der Waals surface area contributed by atoms with E-state index < -0.39 is 0 Å². The van der Waals surface area contributed by atoms with Crippen LogP contribution in [0.5, 0.6) is 5.75 Å². The second-order valence-electron chi connectivity index (χ2n) is 5.32. The molecule has 0 saturated carbocycles. The first kappa shape index (κ1) is 17.0. The van der Waals surface area contributed by atoms with E-state index in [-0.39, 0.29) is 0 Å². The van der Waals surface area contributed by atoms with Crippen LogP contribution in [0.25, 0.3) is 0 Å². The number of hydrogen-bond donors (Lipinski definition) is 1. The highest BCUT2D eigenvalue weighted by Crippen LogP contribution is 2.24. The highest BCUT2D eigenvalue weighted by Gasteiger charge is 2.11. The molecule has 114 valence electrons. The molecular formula is C17H29NO2. The molecule has 0 radical (unpaired) electrons. The van der Waals surface area contributed by atoms with Gasteiger partial charge in [0.25, 0.3) is 0 Å². The van der Waals surface area contributed by atoms with E-state index in [2.05, 4.69) is 38.2 Å².